The number of ether oxygens (including phenoxy) is 1. The Balaban J connectivity index is 2.31. The van der Waals surface area contributed by atoms with Crippen LogP contribution in [0.5, 0.6) is 0 Å². The molecule has 1 rings (SSSR count). The summed E-state index contributed by atoms with van der Waals surface area (Å²) in [5.74, 6) is 0. The highest BCUT2D eigenvalue weighted by Crippen LogP contribution is 2.23. The van der Waals surface area contributed by atoms with Crippen LogP contribution >= 0.6 is 0 Å². The lowest BCUT2D eigenvalue weighted by atomic mass is 9.95. The van der Waals surface area contributed by atoms with Crippen LogP contribution in [0.4, 0.5) is 8.92 Å². The van der Waals surface area contributed by atoms with Gasteiger partial charge in [0, 0.05) is 0 Å². The molecule has 0 aromatic heterocycles. The Bertz CT molecular complexity index is 175. The molecule has 2 atom stereocenters. The zero-order chi connectivity index (χ0) is 9.68. The van der Waals surface area contributed by atoms with Gasteiger partial charge in [0.1, 0.15) is 12.7 Å². The van der Waals surface area contributed by atoms with Gasteiger partial charge in [-0.05, 0) is 17.4 Å². The first-order valence-corrected chi connectivity index (χ1v) is 4.31. The summed E-state index contributed by atoms with van der Waals surface area (Å²) >= 11 is 0. The van der Waals surface area contributed by atoms with Gasteiger partial charge in [-0.25, -0.2) is 0 Å². The van der Waals surface area contributed by atoms with Crippen molar-refractivity contribution in [2.75, 3.05) is 6.61 Å². The summed E-state index contributed by atoms with van der Waals surface area (Å²) < 4.78 is 28.5. The lowest BCUT2D eigenvalue weighted by Gasteiger charge is -2.27. The van der Waals surface area contributed by atoms with E-state index in [0.29, 0.717) is 12.8 Å². The second-order valence-corrected chi connectivity index (χ2v) is 3.12. The van der Waals surface area contributed by atoms with Crippen molar-refractivity contribution in [1.29, 1.82) is 0 Å². The number of carbonyl (C=O) groups excluding carboxylic acids is 1. The van der Waals surface area contributed by atoms with Crippen molar-refractivity contribution in [3.05, 3.63) is 0 Å². The summed E-state index contributed by atoms with van der Waals surface area (Å²) in [6.07, 6.45) is 1.80. The minimum absolute atomic E-state index is 0.488. The number of hydrogen-bond donors (Lipinski definition) is 0. The predicted octanol–water partition coefficient (Wildman–Crippen LogP) is 1.71. The normalized spacial score (nSPS) is 28.8. The molecule has 0 aromatic carbocycles. The van der Waals surface area contributed by atoms with Crippen LogP contribution in [-0.2, 0) is 14.5 Å². The van der Waals surface area contributed by atoms with Crippen molar-refractivity contribution in [3.63, 3.8) is 0 Å². The van der Waals surface area contributed by atoms with Crippen LogP contribution in [0, 0.1) is 0 Å². The Morgan fingerprint density at radius 1 is 1.31 bits per heavy atom. The summed E-state index contributed by atoms with van der Waals surface area (Å²) in [6, 6.07) is -1.54. The molecule has 1 aliphatic rings. The Morgan fingerprint density at radius 2 is 1.92 bits per heavy atom. The fraction of sp³-hybridized carbons (Fsp3) is 0.875. The summed E-state index contributed by atoms with van der Waals surface area (Å²) in [5.41, 5.74) is 0. The number of hydrogen-bond acceptors (Lipinski definition) is 3. The van der Waals surface area contributed by atoms with Gasteiger partial charge in [0.05, 0.1) is 6.10 Å². The number of rotatable bonds is 4. The number of carbonyl (C=O) groups is 1. The first-order chi connectivity index (χ1) is 6.24. The number of halogens is 2. The summed E-state index contributed by atoms with van der Waals surface area (Å²) in [7, 11) is 0. The van der Waals surface area contributed by atoms with E-state index < -0.39 is 24.9 Å². The fourth-order valence-corrected chi connectivity index (χ4v) is 1.53. The maximum Gasteiger partial charge on any atom is 0.326 e. The fourth-order valence-electron chi connectivity index (χ4n) is 1.53. The maximum absolute atomic E-state index is 11.9. The molecule has 3 nitrogen and oxygen atoms in total. The Morgan fingerprint density at radius 3 is 2.46 bits per heavy atom. The van der Waals surface area contributed by atoms with E-state index in [9.17, 15) is 13.7 Å². The van der Waals surface area contributed by atoms with Gasteiger partial charge >= 0.3 is 6.04 Å². The molecule has 13 heavy (non-hydrogen) atoms. The third-order valence-electron chi connectivity index (χ3n) is 2.17. The van der Waals surface area contributed by atoms with Crippen molar-refractivity contribution in [1.82, 2.24) is 0 Å². The zero-order valence-electron chi connectivity index (χ0n) is 7.17. The van der Waals surface area contributed by atoms with Crippen LogP contribution in [0.15, 0.2) is 0 Å². The second kappa shape index (κ2) is 5.24. The van der Waals surface area contributed by atoms with Gasteiger partial charge in [-0.3, -0.25) is 4.79 Å². The van der Waals surface area contributed by atoms with E-state index in [4.69, 9.17) is 4.74 Å². The van der Waals surface area contributed by atoms with E-state index in [1.54, 1.807) is 0 Å². The molecule has 0 saturated heterocycles. The molecule has 0 amide bonds. The third kappa shape index (κ3) is 3.36. The van der Waals surface area contributed by atoms with Crippen LogP contribution in [0.3, 0.4) is 0 Å². The molecule has 5 heteroatoms. The Labute approximate surface area is 74.9 Å². The summed E-state index contributed by atoms with van der Waals surface area (Å²) in [4.78, 5) is 13.6. The molecule has 0 aliphatic heterocycles. The van der Waals surface area contributed by atoms with Crippen LogP contribution in [0.25, 0.3) is 0 Å². The highest BCUT2D eigenvalue weighted by molar-refractivity contribution is 5.69. The third-order valence-corrected chi connectivity index (χ3v) is 2.17. The van der Waals surface area contributed by atoms with Gasteiger partial charge < -0.3 is 4.74 Å². The van der Waals surface area contributed by atoms with Crippen LogP contribution in [-0.4, -0.2) is 24.9 Å². The van der Waals surface area contributed by atoms with Gasteiger partial charge in [0.15, 0.2) is 0 Å². The lowest BCUT2D eigenvalue weighted by Crippen LogP contribution is -2.34. The standard InChI is InChI=1S/C8H12F2O3/c9-8(11)5-12-6-3-1-2-4-7(6)13-10/h6-7H,1-5H2. The minimum Gasteiger partial charge on any atom is -0.365 e. The van der Waals surface area contributed by atoms with Crippen LogP contribution in [0.1, 0.15) is 25.7 Å². The predicted molar refractivity (Wildman–Crippen MR) is 40.3 cm³/mol. The molecule has 2 unspecified atom stereocenters. The topological polar surface area (TPSA) is 35.5 Å². The lowest BCUT2D eigenvalue weighted by molar-refractivity contribution is -0.225. The monoisotopic (exact) mass is 194 g/mol. The van der Waals surface area contributed by atoms with Gasteiger partial charge in [-0.2, -0.15) is 9.33 Å². The highest BCUT2D eigenvalue weighted by atomic mass is 19.3. The van der Waals surface area contributed by atoms with E-state index in [1.807, 2.05) is 0 Å². The second-order valence-electron chi connectivity index (χ2n) is 3.12. The smallest absolute Gasteiger partial charge is 0.326 e. The molecule has 1 aliphatic carbocycles. The van der Waals surface area contributed by atoms with E-state index in [0.717, 1.165) is 12.8 Å². The SMILES string of the molecule is O=C(F)COC1CCCCC1OF. The van der Waals surface area contributed by atoms with Crippen molar-refractivity contribution in [3.8, 4) is 0 Å². The molecule has 1 saturated carbocycles. The Kier molecular flexibility index (Phi) is 4.24. The molecule has 0 bridgehead atoms. The van der Waals surface area contributed by atoms with Crippen molar-refractivity contribution in [2.24, 2.45) is 0 Å². The van der Waals surface area contributed by atoms with E-state index >= 15 is 0 Å². The van der Waals surface area contributed by atoms with Crippen molar-refractivity contribution in [2.45, 2.75) is 37.9 Å². The molecule has 76 valence electrons. The molecule has 0 heterocycles. The average molecular weight is 194 g/mol. The van der Waals surface area contributed by atoms with Crippen molar-refractivity contribution >= 4 is 6.04 Å². The summed E-state index contributed by atoms with van der Waals surface area (Å²) in [6.45, 7) is -0.607. The van der Waals surface area contributed by atoms with Crippen molar-refractivity contribution < 1.29 is 23.4 Å². The molecular weight excluding hydrogens is 182 g/mol. The largest absolute Gasteiger partial charge is 0.365 e. The maximum atomic E-state index is 11.9. The first-order valence-electron chi connectivity index (χ1n) is 4.31. The van der Waals surface area contributed by atoms with E-state index in [2.05, 4.69) is 4.94 Å². The molecule has 0 aromatic rings. The zero-order valence-corrected chi connectivity index (χ0v) is 7.17. The van der Waals surface area contributed by atoms with Gasteiger partial charge in [-0.15, -0.1) is 0 Å². The van der Waals surface area contributed by atoms with Crippen LogP contribution < -0.4 is 0 Å². The van der Waals surface area contributed by atoms with Gasteiger partial charge in [0.2, 0.25) is 0 Å². The average Bonchev–Trinajstić information content (AvgIpc) is 2.15. The molecule has 0 spiro atoms. The Hall–Kier alpha value is -0.550. The van der Waals surface area contributed by atoms with Gasteiger partial charge in [0.25, 0.3) is 0 Å². The molecule has 1 fully saturated rings. The molecule has 0 radical (unpaired) electrons. The first kappa shape index (κ1) is 10.5. The minimum atomic E-state index is -1.54. The van der Waals surface area contributed by atoms with Crippen LogP contribution in [0.2, 0.25) is 0 Å². The van der Waals surface area contributed by atoms with Gasteiger partial charge in [-0.1, -0.05) is 12.8 Å². The summed E-state index contributed by atoms with van der Waals surface area (Å²) in [5, 5.41) is 0. The van der Waals surface area contributed by atoms with E-state index in [-0.39, 0.29) is 0 Å². The highest BCUT2D eigenvalue weighted by Gasteiger charge is 2.27. The van der Waals surface area contributed by atoms with E-state index in [1.165, 1.54) is 0 Å². The molecule has 0 N–H and O–H groups in total. The quantitative estimate of drug-likeness (QED) is 0.639. The molecular formula is C8H12F2O3.